The fourth-order valence-electron chi connectivity index (χ4n) is 3.76. The Morgan fingerprint density at radius 2 is 0.767 bits per heavy atom. The average molecular weight is 607 g/mol. The van der Waals surface area contributed by atoms with Gasteiger partial charge in [-0.15, -0.1) is 0 Å². The van der Waals surface area contributed by atoms with Crippen LogP contribution in [0.15, 0.2) is 72.8 Å². The van der Waals surface area contributed by atoms with Gasteiger partial charge in [0.15, 0.2) is 0 Å². The Morgan fingerprint density at radius 1 is 0.488 bits per heavy atom. The molecule has 0 spiro atoms. The number of benzene rings is 3. The van der Waals surface area contributed by atoms with Crippen LogP contribution < -0.4 is 11.4 Å². The van der Waals surface area contributed by atoms with Crippen LogP contribution in [0.25, 0.3) is 0 Å². The molecule has 0 radical (unpaired) electrons. The number of unbranched alkanes of at least 4 members (excludes halogenated alkanes) is 3. The summed E-state index contributed by atoms with van der Waals surface area (Å²) in [7, 11) is 0. The van der Waals surface area contributed by atoms with E-state index in [4.69, 9.17) is 25.6 Å². The molecule has 10 heteroatoms. The quantitative estimate of drug-likeness (QED) is 0.0650. The maximum atomic E-state index is 12.9. The highest BCUT2D eigenvalue weighted by molar-refractivity contribution is 6.40. The molecule has 0 fully saturated rings. The van der Waals surface area contributed by atoms with Crippen molar-refractivity contribution in [3.05, 3.63) is 89.5 Å². The number of carbonyl (C=O) groups excluding carboxylic acids is 3. The van der Waals surface area contributed by atoms with Crippen molar-refractivity contribution in [3.8, 4) is 17.2 Å². The molecule has 43 heavy (non-hydrogen) atoms. The highest BCUT2D eigenvalue weighted by Crippen LogP contribution is 2.27. The number of ether oxygens (including phenoxy) is 3. The second kappa shape index (κ2) is 18.5. The van der Waals surface area contributed by atoms with Crippen LogP contribution in [0.1, 0.15) is 90.4 Å². The molecular formula is C33H39AlO9. The molecule has 0 saturated carbocycles. The molecule has 0 atom stereocenters. The van der Waals surface area contributed by atoms with Gasteiger partial charge in [0.05, 0.1) is 53.8 Å². The molecule has 0 aliphatic heterocycles. The summed E-state index contributed by atoms with van der Waals surface area (Å²) < 4.78 is 35.0. The third kappa shape index (κ3) is 10.7. The van der Waals surface area contributed by atoms with Gasteiger partial charge in [0.2, 0.25) is 0 Å². The summed E-state index contributed by atoms with van der Waals surface area (Å²) in [5, 5.41) is 0. The van der Waals surface area contributed by atoms with Crippen LogP contribution in [0.3, 0.4) is 0 Å². The Hall–Kier alpha value is -4.00. The predicted molar refractivity (Wildman–Crippen MR) is 163 cm³/mol. The number of para-hydroxylation sites is 3. The third-order valence-corrected chi connectivity index (χ3v) is 7.52. The minimum Gasteiger partial charge on any atom is -0.577 e. The van der Waals surface area contributed by atoms with Crippen molar-refractivity contribution >= 4 is 33.1 Å². The molecule has 0 unspecified atom stereocenters. The van der Waals surface area contributed by atoms with Crippen LogP contribution in [0.4, 0.5) is 0 Å². The fourth-order valence-corrected chi connectivity index (χ4v) is 5.14. The van der Waals surface area contributed by atoms with Crippen LogP contribution in [0.5, 0.6) is 17.2 Å². The molecule has 9 nitrogen and oxygen atoms in total. The summed E-state index contributed by atoms with van der Waals surface area (Å²) in [6.07, 6.45) is 4.83. The number of hydrogen-bond acceptors (Lipinski definition) is 9. The first kappa shape index (κ1) is 33.5. The minimum atomic E-state index is -3.34. The Kier molecular flexibility index (Phi) is 14.4. The summed E-state index contributed by atoms with van der Waals surface area (Å²) in [6.45, 7) is 6.84. The van der Waals surface area contributed by atoms with E-state index in [1.165, 1.54) is 0 Å². The molecule has 3 rings (SSSR count). The first-order valence-corrected chi connectivity index (χ1v) is 16.2. The van der Waals surface area contributed by atoms with Crippen LogP contribution in [-0.4, -0.2) is 52.9 Å². The summed E-state index contributed by atoms with van der Waals surface area (Å²) in [4.78, 5) is 38.7. The second-order valence-corrected chi connectivity index (χ2v) is 10.9. The normalized spacial score (nSPS) is 10.4. The lowest BCUT2D eigenvalue weighted by molar-refractivity contribution is 0.0489. The van der Waals surface area contributed by atoms with Gasteiger partial charge in [-0.25, -0.2) is 14.4 Å². The van der Waals surface area contributed by atoms with Gasteiger partial charge >= 0.3 is 33.1 Å². The summed E-state index contributed by atoms with van der Waals surface area (Å²) in [5.41, 5.74) is 0.591. The third-order valence-electron chi connectivity index (χ3n) is 6.18. The maximum absolute atomic E-state index is 12.9. The lowest BCUT2D eigenvalue weighted by Gasteiger charge is -2.20. The molecule has 0 amide bonds. The minimum absolute atomic E-state index is 0.187. The van der Waals surface area contributed by atoms with Gasteiger partial charge in [0, 0.05) is 0 Å². The van der Waals surface area contributed by atoms with E-state index >= 15 is 0 Å². The zero-order chi connectivity index (χ0) is 30.9. The fraction of sp³-hybridized carbons (Fsp3) is 0.364. The Bertz CT molecular complexity index is 1170. The van der Waals surface area contributed by atoms with Crippen molar-refractivity contribution in [1.29, 1.82) is 0 Å². The largest absolute Gasteiger partial charge is 1.20 e. The number of hydrogen-bond donors (Lipinski definition) is 0. The van der Waals surface area contributed by atoms with E-state index in [1.807, 2.05) is 20.8 Å². The molecular weight excluding hydrogens is 567 g/mol. The van der Waals surface area contributed by atoms with E-state index in [-0.39, 0.29) is 53.8 Å². The van der Waals surface area contributed by atoms with Gasteiger partial charge in [-0.1, -0.05) is 76.4 Å². The van der Waals surface area contributed by atoms with Crippen LogP contribution >= 0.6 is 0 Å². The van der Waals surface area contributed by atoms with Crippen molar-refractivity contribution in [1.82, 2.24) is 0 Å². The second-order valence-electron chi connectivity index (χ2n) is 9.60. The molecule has 0 N–H and O–H groups in total. The van der Waals surface area contributed by atoms with Gasteiger partial charge in [-0.3, -0.25) is 0 Å². The topological polar surface area (TPSA) is 107 Å². The van der Waals surface area contributed by atoms with Crippen LogP contribution in [0.2, 0.25) is 0 Å². The zero-order valence-electron chi connectivity index (χ0n) is 25.0. The molecule has 3 aromatic rings. The first-order chi connectivity index (χ1) is 21.0. The smallest absolute Gasteiger partial charge is 0.577 e. The standard InChI is InChI=1S/3C11H14O3.Al/c3*1-2-3-8-14-11(13)9-6-4-5-7-10(9)12;/h3*4-7,12H,2-3,8H2,1H3;/q;;;+3/p-3. The van der Waals surface area contributed by atoms with Crippen molar-refractivity contribution in [3.63, 3.8) is 0 Å². The number of carbonyl (C=O) groups is 3. The molecule has 228 valence electrons. The van der Waals surface area contributed by atoms with E-state index in [9.17, 15) is 14.4 Å². The molecule has 0 bridgehead atoms. The van der Waals surface area contributed by atoms with Gasteiger partial charge in [-0.2, -0.15) is 0 Å². The molecule has 0 saturated heterocycles. The zero-order valence-corrected chi connectivity index (χ0v) is 26.2. The first-order valence-electron chi connectivity index (χ1n) is 14.8. The molecule has 3 aromatic carbocycles. The van der Waals surface area contributed by atoms with E-state index in [2.05, 4.69) is 0 Å². The van der Waals surface area contributed by atoms with Gasteiger partial charge < -0.3 is 25.6 Å². The van der Waals surface area contributed by atoms with Crippen molar-refractivity contribution in [2.75, 3.05) is 19.8 Å². The lowest BCUT2D eigenvalue weighted by atomic mass is 10.2. The number of rotatable bonds is 18. The van der Waals surface area contributed by atoms with E-state index in [1.54, 1.807) is 72.8 Å². The molecule has 0 aromatic heterocycles. The lowest BCUT2D eigenvalue weighted by Crippen LogP contribution is -2.38. The van der Waals surface area contributed by atoms with Crippen molar-refractivity contribution in [2.45, 2.75) is 59.3 Å². The summed E-state index contributed by atoms with van der Waals surface area (Å²) in [6, 6.07) is 19.8. The molecule has 0 heterocycles. The van der Waals surface area contributed by atoms with Gasteiger partial charge in [0.1, 0.15) is 0 Å². The Labute approximate surface area is 258 Å². The predicted octanol–water partition coefficient (Wildman–Crippen LogP) is 7.08. The molecule has 0 aliphatic carbocycles. The van der Waals surface area contributed by atoms with Crippen LogP contribution in [0, 0.1) is 0 Å². The highest BCUT2D eigenvalue weighted by atomic mass is 27.3. The van der Waals surface area contributed by atoms with E-state index < -0.39 is 33.1 Å². The van der Waals surface area contributed by atoms with Crippen molar-refractivity contribution < 1.29 is 40.0 Å². The van der Waals surface area contributed by atoms with Gasteiger partial charge in [0.25, 0.3) is 0 Å². The van der Waals surface area contributed by atoms with Crippen LogP contribution in [-0.2, 0) is 14.2 Å². The SMILES string of the molecule is CCCCOC(=O)c1ccccc1[O][Al]([O]c1ccccc1C(=O)OCCCC)[O]c1ccccc1C(=O)OCCCC. The summed E-state index contributed by atoms with van der Waals surface area (Å²) >= 11 is -3.34. The highest BCUT2D eigenvalue weighted by Gasteiger charge is 2.46. The maximum Gasteiger partial charge on any atom is 1.20 e. The Morgan fingerprint density at radius 3 is 1.05 bits per heavy atom. The molecule has 0 aliphatic rings. The van der Waals surface area contributed by atoms with E-state index in [0.29, 0.717) is 0 Å². The van der Waals surface area contributed by atoms with Crippen molar-refractivity contribution in [2.24, 2.45) is 0 Å². The van der Waals surface area contributed by atoms with E-state index in [0.717, 1.165) is 38.5 Å². The number of esters is 3. The average Bonchev–Trinajstić information content (AvgIpc) is 3.02. The monoisotopic (exact) mass is 606 g/mol. The summed E-state index contributed by atoms with van der Waals surface area (Å²) in [5.74, 6) is -1.07. The van der Waals surface area contributed by atoms with Gasteiger partial charge in [-0.05, 0) is 55.7 Å². The Balaban J connectivity index is 1.94.